The molecule has 0 aliphatic rings. The maximum atomic E-state index is 10.8. The fourth-order valence-corrected chi connectivity index (χ4v) is 1.40. The molecule has 0 radical (unpaired) electrons. The second-order valence-electron chi connectivity index (χ2n) is 3.94. The van der Waals surface area contributed by atoms with Crippen LogP contribution in [0.1, 0.15) is 49.8 Å². The number of nitrogens with zero attached hydrogens (tertiary/aromatic N) is 2. The van der Waals surface area contributed by atoms with Gasteiger partial charge >= 0.3 is 0 Å². The van der Waals surface area contributed by atoms with Crippen LogP contribution in [0.15, 0.2) is 12.1 Å². The van der Waals surface area contributed by atoms with Gasteiger partial charge in [0.1, 0.15) is 0 Å². The smallest absolute Gasteiger partial charge is 0.269 e. The van der Waals surface area contributed by atoms with Crippen molar-refractivity contribution in [3.05, 3.63) is 23.5 Å². The molecule has 1 rings (SSSR count). The van der Waals surface area contributed by atoms with Crippen LogP contribution < -0.4 is 5.73 Å². The van der Waals surface area contributed by atoms with Gasteiger partial charge in [0.2, 0.25) is 0 Å². The molecule has 82 valence electrons. The van der Waals surface area contributed by atoms with Crippen molar-refractivity contribution in [1.82, 2.24) is 10.2 Å². The summed E-state index contributed by atoms with van der Waals surface area (Å²) in [5.41, 5.74) is 6.26. The van der Waals surface area contributed by atoms with Crippen molar-refractivity contribution in [3.8, 4) is 0 Å². The zero-order valence-corrected chi connectivity index (χ0v) is 9.45. The van der Waals surface area contributed by atoms with E-state index in [-0.39, 0.29) is 11.1 Å². The molecule has 0 aliphatic heterocycles. The van der Waals surface area contributed by atoms with E-state index >= 15 is 0 Å². The molecule has 4 heteroatoms. The van der Waals surface area contributed by atoms with Crippen molar-refractivity contribution in [2.45, 2.75) is 39.0 Å². The first-order valence-electron chi connectivity index (χ1n) is 5.17. The fraction of sp³-hybridized carbons (Fsp3) is 0.545. The highest BCUT2D eigenvalue weighted by Gasteiger charge is 2.24. The van der Waals surface area contributed by atoms with Gasteiger partial charge in [-0.15, -0.1) is 5.10 Å². The number of hydrogen-bond donors (Lipinski definition) is 1. The zero-order chi connectivity index (χ0) is 11.5. The first-order valence-corrected chi connectivity index (χ1v) is 5.17. The normalized spacial score (nSPS) is 11.4. The number of carbonyl (C=O) groups is 1. The van der Waals surface area contributed by atoms with E-state index in [2.05, 4.69) is 31.0 Å². The molecule has 1 heterocycles. The molecule has 1 amide bonds. The fourth-order valence-electron chi connectivity index (χ4n) is 1.40. The Morgan fingerprint density at radius 1 is 1.33 bits per heavy atom. The van der Waals surface area contributed by atoms with Crippen LogP contribution >= 0.6 is 0 Å². The third-order valence-corrected chi connectivity index (χ3v) is 3.10. The molecule has 1 aromatic rings. The number of hydrogen-bond acceptors (Lipinski definition) is 3. The molecule has 1 aromatic heterocycles. The highest BCUT2D eigenvalue weighted by molar-refractivity contribution is 5.90. The summed E-state index contributed by atoms with van der Waals surface area (Å²) in [7, 11) is 0. The number of aromatic nitrogens is 2. The monoisotopic (exact) mass is 207 g/mol. The lowest BCUT2D eigenvalue weighted by molar-refractivity contribution is 0.0994. The van der Waals surface area contributed by atoms with Crippen molar-refractivity contribution in [3.63, 3.8) is 0 Å². The van der Waals surface area contributed by atoms with Crippen LogP contribution in [-0.2, 0) is 5.41 Å². The van der Waals surface area contributed by atoms with Crippen molar-refractivity contribution in [1.29, 1.82) is 0 Å². The van der Waals surface area contributed by atoms with Gasteiger partial charge in [0, 0.05) is 5.41 Å². The van der Waals surface area contributed by atoms with Gasteiger partial charge in [-0.05, 0) is 25.0 Å². The van der Waals surface area contributed by atoms with E-state index in [1.807, 2.05) is 6.07 Å². The number of carbonyl (C=O) groups excluding carboxylic acids is 1. The second kappa shape index (κ2) is 4.38. The maximum Gasteiger partial charge on any atom is 0.269 e. The first-order chi connectivity index (χ1) is 7.03. The summed E-state index contributed by atoms with van der Waals surface area (Å²) in [5, 5.41) is 7.88. The zero-order valence-electron chi connectivity index (χ0n) is 9.45. The minimum Gasteiger partial charge on any atom is -0.364 e. The van der Waals surface area contributed by atoms with Crippen molar-refractivity contribution < 1.29 is 4.79 Å². The van der Waals surface area contributed by atoms with Crippen LogP contribution in [0, 0.1) is 0 Å². The van der Waals surface area contributed by atoms with E-state index < -0.39 is 5.91 Å². The highest BCUT2D eigenvalue weighted by atomic mass is 16.1. The van der Waals surface area contributed by atoms with Crippen LogP contribution in [0.5, 0.6) is 0 Å². The van der Waals surface area contributed by atoms with Gasteiger partial charge in [0.15, 0.2) is 5.69 Å². The number of primary amides is 1. The van der Waals surface area contributed by atoms with Gasteiger partial charge in [-0.25, -0.2) is 0 Å². The molecule has 0 bridgehead atoms. The van der Waals surface area contributed by atoms with Crippen LogP contribution in [0.2, 0.25) is 0 Å². The second-order valence-corrected chi connectivity index (χ2v) is 3.94. The van der Waals surface area contributed by atoms with Gasteiger partial charge in [-0.2, -0.15) is 5.10 Å². The SMILES string of the molecule is CCC(C)(CC)c1ccc(C(N)=O)nn1. The van der Waals surface area contributed by atoms with Gasteiger partial charge in [-0.3, -0.25) is 4.79 Å². The third kappa shape index (κ3) is 2.32. The maximum absolute atomic E-state index is 10.8. The summed E-state index contributed by atoms with van der Waals surface area (Å²) < 4.78 is 0. The van der Waals surface area contributed by atoms with Crippen molar-refractivity contribution >= 4 is 5.91 Å². The molecule has 0 spiro atoms. The standard InChI is InChI=1S/C11H17N3O/c1-4-11(3,5-2)9-7-6-8(10(12)15)13-14-9/h6-7H,4-5H2,1-3H3,(H2,12,15). The Morgan fingerprint density at radius 3 is 2.27 bits per heavy atom. The predicted molar refractivity (Wildman–Crippen MR) is 58.5 cm³/mol. The summed E-state index contributed by atoms with van der Waals surface area (Å²) in [5.74, 6) is -0.538. The number of amides is 1. The lowest BCUT2D eigenvalue weighted by Gasteiger charge is -2.25. The van der Waals surface area contributed by atoms with Gasteiger partial charge in [0.05, 0.1) is 5.69 Å². The molecule has 0 saturated carbocycles. The van der Waals surface area contributed by atoms with Crippen LogP contribution in [0.4, 0.5) is 0 Å². The largest absolute Gasteiger partial charge is 0.364 e. The first kappa shape index (κ1) is 11.6. The molecule has 0 aromatic carbocycles. The molecule has 2 N–H and O–H groups in total. The van der Waals surface area contributed by atoms with E-state index in [4.69, 9.17) is 5.73 Å². The molecule has 0 saturated heterocycles. The summed E-state index contributed by atoms with van der Waals surface area (Å²) >= 11 is 0. The molecule has 15 heavy (non-hydrogen) atoms. The molecule has 0 unspecified atom stereocenters. The Hall–Kier alpha value is -1.45. The van der Waals surface area contributed by atoms with E-state index in [1.165, 1.54) is 0 Å². The third-order valence-electron chi connectivity index (χ3n) is 3.10. The van der Waals surface area contributed by atoms with E-state index in [9.17, 15) is 4.79 Å². The molecule has 0 fully saturated rings. The average molecular weight is 207 g/mol. The lowest BCUT2D eigenvalue weighted by Crippen LogP contribution is -2.23. The van der Waals surface area contributed by atoms with Gasteiger partial charge < -0.3 is 5.73 Å². The van der Waals surface area contributed by atoms with Gasteiger partial charge in [0.25, 0.3) is 5.91 Å². The van der Waals surface area contributed by atoms with Crippen molar-refractivity contribution in [2.24, 2.45) is 5.73 Å². The Labute approximate surface area is 89.9 Å². The minimum absolute atomic E-state index is 0.0309. The van der Waals surface area contributed by atoms with E-state index in [0.717, 1.165) is 18.5 Å². The average Bonchev–Trinajstić information content (AvgIpc) is 2.28. The molecular formula is C11H17N3O. The molecule has 0 atom stereocenters. The Morgan fingerprint density at radius 2 is 1.93 bits per heavy atom. The van der Waals surface area contributed by atoms with E-state index in [0.29, 0.717) is 0 Å². The highest BCUT2D eigenvalue weighted by Crippen LogP contribution is 2.28. The summed E-state index contributed by atoms with van der Waals surface area (Å²) in [6.07, 6.45) is 1.99. The number of nitrogens with two attached hydrogens (primary N) is 1. The van der Waals surface area contributed by atoms with E-state index in [1.54, 1.807) is 6.07 Å². The summed E-state index contributed by atoms with van der Waals surface area (Å²) in [4.78, 5) is 10.8. The quantitative estimate of drug-likeness (QED) is 0.816. The molecular weight excluding hydrogens is 190 g/mol. The summed E-state index contributed by atoms with van der Waals surface area (Å²) in [6.45, 7) is 6.38. The summed E-state index contributed by atoms with van der Waals surface area (Å²) in [6, 6.07) is 3.47. The Balaban J connectivity index is 3.02. The van der Waals surface area contributed by atoms with Gasteiger partial charge in [-0.1, -0.05) is 20.8 Å². The Bertz CT molecular complexity index is 341. The van der Waals surface area contributed by atoms with Crippen molar-refractivity contribution in [2.75, 3.05) is 0 Å². The minimum atomic E-state index is -0.538. The molecule has 4 nitrogen and oxygen atoms in total. The Kier molecular flexibility index (Phi) is 3.39. The topological polar surface area (TPSA) is 68.9 Å². The van der Waals surface area contributed by atoms with Crippen LogP contribution in [0.25, 0.3) is 0 Å². The predicted octanol–water partition coefficient (Wildman–Crippen LogP) is 1.65. The molecule has 0 aliphatic carbocycles. The van der Waals surface area contributed by atoms with Crippen LogP contribution in [-0.4, -0.2) is 16.1 Å². The number of rotatable bonds is 4. The lowest BCUT2D eigenvalue weighted by atomic mass is 9.81. The van der Waals surface area contributed by atoms with Crippen LogP contribution in [0.3, 0.4) is 0 Å².